The first-order chi connectivity index (χ1) is 9.93. The molecule has 0 heterocycles. The van der Waals surface area contributed by atoms with Crippen molar-refractivity contribution in [1.82, 2.24) is 10.6 Å². The molecule has 0 aromatic heterocycles. The first kappa shape index (κ1) is 17.3. The molecule has 0 unspecified atom stereocenters. The van der Waals surface area contributed by atoms with Crippen molar-refractivity contribution in [1.29, 1.82) is 0 Å². The van der Waals surface area contributed by atoms with Gasteiger partial charge in [0.25, 0.3) is 5.91 Å². The Morgan fingerprint density at radius 2 is 1.86 bits per heavy atom. The minimum Gasteiger partial charge on any atom is -0.452 e. The summed E-state index contributed by atoms with van der Waals surface area (Å²) in [5.41, 5.74) is 0.0701. The van der Waals surface area contributed by atoms with E-state index in [-0.39, 0.29) is 23.0 Å². The Balaban J connectivity index is 2.44. The number of hydrogen-bond donors (Lipinski definition) is 2. The highest BCUT2D eigenvalue weighted by molar-refractivity contribution is 6.35. The summed E-state index contributed by atoms with van der Waals surface area (Å²) in [7, 11) is 0. The zero-order chi connectivity index (χ0) is 15.8. The van der Waals surface area contributed by atoms with Crippen molar-refractivity contribution in [3.63, 3.8) is 0 Å². The van der Waals surface area contributed by atoms with E-state index in [1.807, 2.05) is 0 Å². The van der Waals surface area contributed by atoms with Gasteiger partial charge in [-0.3, -0.25) is 9.59 Å². The molecule has 21 heavy (non-hydrogen) atoms. The summed E-state index contributed by atoms with van der Waals surface area (Å²) in [5, 5.41) is 5.32. The molecular formula is C13H14Cl2N2O4. The Kier molecular flexibility index (Phi) is 6.98. The minimum atomic E-state index is -0.768. The SMILES string of the molecule is CCNC(=O)CNC(=O)COC(=O)c1cc(Cl)ccc1Cl. The number of nitrogens with one attached hydrogen (secondary N) is 2. The fourth-order valence-corrected chi connectivity index (χ4v) is 1.72. The van der Waals surface area contributed by atoms with Gasteiger partial charge in [0.1, 0.15) is 0 Å². The highest BCUT2D eigenvalue weighted by Crippen LogP contribution is 2.21. The Labute approximate surface area is 131 Å². The van der Waals surface area contributed by atoms with Crippen LogP contribution in [0.2, 0.25) is 10.0 Å². The number of rotatable bonds is 6. The molecule has 1 rings (SSSR count). The fourth-order valence-electron chi connectivity index (χ4n) is 1.35. The monoisotopic (exact) mass is 332 g/mol. The van der Waals surface area contributed by atoms with E-state index >= 15 is 0 Å². The Bertz CT molecular complexity index is 549. The van der Waals surface area contributed by atoms with Crippen LogP contribution in [0.4, 0.5) is 0 Å². The van der Waals surface area contributed by atoms with Crippen molar-refractivity contribution in [2.45, 2.75) is 6.92 Å². The van der Waals surface area contributed by atoms with Gasteiger partial charge in [-0.05, 0) is 25.1 Å². The number of carbonyl (C=O) groups is 3. The maximum absolute atomic E-state index is 11.7. The number of halogens is 2. The summed E-state index contributed by atoms with van der Waals surface area (Å²) < 4.78 is 4.79. The lowest BCUT2D eigenvalue weighted by Gasteiger charge is -2.07. The summed E-state index contributed by atoms with van der Waals surface area (Å²) in [4.78, 5) is 34.3. The van der Waals surface area contributed by atoms with Crippen LogP contribution in [0.5, 0.6) is 0 Å². The van der Waals surface area contributed by atoms with Crippen molar-refractivity contribution in [2.75, 3.05) is 19.7 Å². The van der Waals surface area contributed by atoms with E-state index < -0.39 is 18.5 Å². The van der Waals surface area contributed by atoms with Crippen LogP contribution in [-0.2, 0) is 14.3 Å². The summed E-state index contributed by atoms with van der Waals surface area (Å²) >= 11 is 11.6. The third-order valence-electron chi connectivity index (χ3n) is 2.30. The van der Waals surface area contributed by atoms with Crippen LogP contribution < -0.4 is 10.6 Å². The second-order valence-corrected chi connectivity index (χ2v) is 4.77. The van der Waals surface area contributed by atoms with Crippen molar-refractivity contribution in [3.05, 3.63) is 33.8 Å². The van der Waals surface area contributed by atoms with Crippen LogP contribution in [0.15, 0.2) is 18.2 Å². The van der Waals surface area contributed by atoms with Gasteiger partial charge in [0.2, 0.25) is 5.91 Å². The Hall–Kier alpha value is -1.79. The molecule has 6 nitrogen and oxygen atoms in total. The maximum atomic E-state index is 11.7. The van der Waals surface area contributed by atoms with Gasteiger partial charge in [0.05, 0.1) is 17.1 Å². The smallest absolute Gasteiger partial charge is 0.340 e. The molecule has 0 saturated heterocycles. The first-order valence-corrected chi connectivity index (χ1v) is 6.85. The van der Waals surface area contributed by atoms with Crippen molar-refractivity contribution < 1.29 is 19.1 Å². The van der Waals surface area contributed by atoms with Gasteiger partial charge >= 0.3 is 5.97 Å². The summed E-state index contributed by atoms with van der Waals surface area (Å²) in [6.07, 6.45) is 0. The van der Waals surface area contributed by atoms with Gasteiger partial charge in [-0.15, -0.1) is 0 Å². The van der Waals surface area contributed by atoms with E-state index in [1.54, 1.807) is 6.92 Å². The average Bonchev–Trinajstić information content (AvgIpc) is 2.45. The van der Waals surface area contributed by atoms with Crippen LogP contribution in [0.25, 0.3) is 0 Å². The van der Waals surface area contributed by atoms with Crippen molar-refractivity contribution in [2.24, 2.45) is 0 Å². The molecule has 1 aromatic carbocycles. The molecule has 114 valence electrons. The van der Waals surface area contributed by atoms with E-state index in [9.17, 15) is 14.4 Å². The number of amides is 2. The largest absolute Gasteiger partial charge is 0.452 e. The molecule has 0 aliphatic heterocycles. The van der Waals surface area contributed by atoms with Gasteiger partial charge in [-0.2, -0.15) is 0 Å². The van der Waals surface area contributed by atoms with Gasteiger partial charge < -0.3 is 15.4 Å². The number of hydrogen-bond acceptors (Lipinski definition) is 4. The lowest BCUT2D eigenvalue weighted by Crippen LogP contribution is -2.38. The van der Waals surface area contributed by atoms with E-state index in [4.69, 9.17) is 27.9 Å². The summed E-state index contributed by atoms with van der Waals surface area (Å²) in [6.45, 7) is 1.54. The quantitative estimate of drug-likeness (QED) is 0.771. The number of ether oxygens (including phenoxy) is 1. The molecular weight excluding hydrogens is 319 g/mol. The van der Waals surface area contributed by atoms with Crippen LogP contribution >= 0.6 is 23.2 Å². The number of benzene rings is 1. The Morgan fingerprint density at radius 3 is 2.52 bits per heavy atom. The first-order valence-electron chi connectivity index (χ1n) is 6.09. The van der Waals surface area contributed by atoms with Crippen LogP contribution in [0.3, 0.4) is 0 Å². The molecule has 2 amide bonds. The molecule has 0 fully saturated rings. The number of esters is 1. The molecule has 2 N–H and O–H groups in total. The number of carbonyl (C=O) groups excluding carboxylic acids is 3. The maximum Gasteiger partial charge on any atom is 0.340 e. The molecule has 0 spiro atoms. The zero-order valence-electron chi connectivity index (χ0n) is 11.2. The van der Waals surface area contributed by atoms with Gasteiger partial charge in [-0.1, -0.05) is 23.2 Å². The highest BCUT2D eigenvalue weighted by Gasteiger charge is 2.14. The Morgan fingerprint density at radius 1 is 1.14 bits per heavy atom. The molecule has 0 atom stereocenters. The van der Waals surface area contributed by atoms with Crippen molar-refractivity contribution in [3.8, 4) is 0 Å². The molecule has 0 aliphatic carbocycles. The standard InChI is InChI=1S/C13H14Cl2N2O4/c1-2-16-11(18)6-17-12(19)7-21-13(20)9-5-8(14)3-4-10(9)15/h3-5H,2,6-7H2,1H3,(H,16,18)(H,17,19). The molecule has 0 saturated carbocycles. The summed E-state index contributed by atoms with van der Waals surface area (Å²) in [6, 6.07) is 4.33. The van der Waals surface area contributed by atoms with E-state index in [2.05, 4.69) is 10.6 Å². The average molecular weight is 333 g/mol. The third-order valence-corrected chi connectivity index (χ3v) is 2.87. The van der Waals surface area contributed by atoms with E-state index in [0.717, 1.165) is 0 Å². The van der Waals surface area contributed by atoms with Crippen LogP contribution in [0, 0.1) is 0 Å². The minimum absolute atomic E-state index is 0.0701. The normalized spacial score (nSPS) is 9.86. The van der Waals surface area contributed by atoms with Crippen molar-refractivity contribution >= 4 is 41.0 Å². The molecule has 0 aliphatic rings. The van der Waals surface area contributed by atoms with Crippen LogP contribution in [-0.4, -0.2) is 37.5 Å². The second-order valence-electron chi connectivity index (χ2n) is 3.93. The fraction of sp³-hybridized carbons (Fsp3) is 0.308. The van der Waals surface area contributed by atoms with Gasteiger partial charge in [-0.25, -0.2) is 4.79 Å². The van der Waals surface area contributed by atoms with E-state index in [1.165, 1.54) is 18.2 Å². The summed E-state index contributed by atoms with van der Waals surface area (Å²) in [5.74, 6) is -1.68. The van der Waals surface area contributed by atoms with Gasteiger partial charge in [0.15, 0.2) is 6.61 Å². The lowest BCUT2D eigenvalue weighted by atomic mass is 10.2. The molecule has 1 aromatic rings. The number of likely N-dealkylation sites (N-methyl/N-ethyl adjacent to an activating group) is 1. The molecule has 8 heteroatoms. The predicted octanol–water partition coefficient (Wildman–Crippen LogP) is 1.40. The third kappa shape index (κ3) is 6.01. The predicted molar refractivity (Wildman–Crippen MR) is 78.4 cm³/mol. The lowest BCUT2D eigenvalue weighted by molar-refractivity contribution is -0.127. The topological polar surface area (TPSA) is 84.5 Å². The highest BCUT2D eigenvalue weighted by atomic mass is 35.5. The molecule has 0 radical (unpaired) electrons. The molecule has 0 bridgehead atoms. The van der Waals surface area contributed by atoms with Crippen LogP contribution in [0.1, 0.15) is 17.3 Å². The van der Waals surface area contributed by atoms with Gasteiger partial charge in [0, 0.05) is 11.6 Å². The zero-order valence-corrected chi connectivity index (χ0v) is 12.8. The second kappa shape index (κ2) is 8.49. The van der Waals surface area contributed by atoms with E-state index in [0.29, 0.717) is 11.6 Å².